The minimum Gasteiger partial charge on any atom is -0.460 e. The van der Waals surface area contributed by atoms with Crippen LogP contribution in [0.5, 0.6) is 0 Å². The summed E-state index contributed by atoms with van der Waals surface area (Å²) in [5.41, 5.74) is 13.4. The van der Waals surface area contributed by atoms with Crippen molar-refractivity contribution in [3.8, 4) is 44.5 Å². The van der Waals surface area contributed by atoms with Crippen LogP contribution in [0.25, 0.3) is 94.3 Å². The average Bonchev–Trinajstić information content (AvgIpc) is 3.73. The van der Waals surface area contributed by atoms with Crippen LogP contribution in [0.1, 0.15) is 17.7 Å². The van der Waals surface area contributed by atoms with E-state index >= 15 is 0 Å². The SMILES string of the molecule is C1=Cc2c(oc3cccc(-c4cc(-c5ccccc5)cc(-c5ccc6c(c5)oc5c7ccccc7c(-c7ccccc7)cc65)c4)c23)CC1. The second kappa shape index (κ2) is 10.7. The molecular weight excluding hydrogens is 585 g/mol. The van der Waals surface area contributed by atoms with Crippen LogP contribution < -0.4 is 0 Å². The number of hydrogen-bond donors (Lipinski definition) is 0. The average molecular weight is 615 g/mol. The third kappa shape index (κ3) is 4.27. The van der Waals surface area contributed by atoms with E-state index < -0.39 is 0 Å². The van der Waals surface area contributed by atoms with E-state index in [1.807, 2.05) is 0 Å². The molecule has 10 rings (SSSR count). The summed E-state index contributed by atoms with van der Waals surface area (Å²) in [5.74, 6) is 1.08. The van der Waals surface area contributed by atoms with Gasteiger partial charge in [0.15, 0.2) is 0 Å². The molecule has 2 aromatic heterocycles. The first-order valence-electron chi connectivity index (χ1n) is 16.6. The molecule has 1 aliphatic carbocycles. The fourth-order valence-corrected chi connectivity index (χ4v) is 7.62. The van der Waals surface area contributed by atoms with Gasteiger partial charge in [-0.25, -0.2) is 0 Å². The Labute approximate surface area is 278 Å². The van der Waals surface area contributed by atoms with E-state index in [1.165, 1.54) is 49.7 Å². The summed E-state index contributed by atoms with van der Waals surface area (Å²) in [7, 11) is 0. The van der Waals surface area contributed by atoms with E-state index in [1.54, 1.807) is 0 Å². The van der Waals surface area contributed by atoms with Gasteiger partial charge < -0.3 is 8.83 Å². The van der Waals surface area contributed by atoms with Crippen molar-refractivity contribution in [2.45, 2.75) is 12.8 Å². The zero-order valence-corrected chi connectivity index (χ0v) is 26.2. The van der Waals surface area contributed by atoms with Gasteiger partial charge in [-0.1, -0.05) is 115 Å². The molecule has 226 valence electrons. The van der Waals surface area contributed by atoms with Crippen molar-refractivity contribution in [3.05, 3.63) is 163 Å². The Morgan fingerprint density at radius 3 is 1.98 bits per heavy atom. The molecule has 0 atom stereocenters. The Kier molecular flexibility index (Phi) is 6.04. The maximum absolute atomic E-state index is 6.74. The van der Waals surface area contributed by atoms with Crippen molar-refractivity contribution in [2.24, 2.45) is 0 Å². The third-order valence-electron chi connectivity index (χ3n) is 9.90. The monoisotopic (exact) mass is 614 g/mol. The quantitative estimate of drug-likeness (QED) is 0.197. The van der Waals surface area contributed by atoms with E-state index in [0.717, 1.165) is 62.6 Å². The maximum atomic E-state index is 6.74. The third-order valence-corrected chi connectivity index (χ3v) is 9.90. The Morgan fingerprint density at radius 1 is 0.417 bits per heavy atom. The van der Waals surface area contributed by atoms with E-state index in [4.69, 9.17) is 8.83 Å². The fourth-order valence-electron chi connectivity index (χ4n) is 7.62. The first kappa shape index (κ1) is 27.0. The zero-order chi connectivity index (χ0) is 31.6. The lowest BCUT2D eigenvalue weighted by Crippen LogP contribution is -1.90. The standard InChI is InChI=1S/C46H30O2/c1-3-12-29(13-4-1)32-24-33(26-34(25-32)35-19-11-21-43-45(35)39-18-9-10-20-42(39)47-43)31-22-23-37-41-28-40(30-14-5-2-6-15-30)36-16-7-8-17-38(36)46(41)48-44(37)27-31/h1-9,11-19,21-28H,10,20H2. The van der Waals surface area contributed by atoms with Gasteiger partial charge in [-0.05, 0) is 98.8 Å². The summed E-state index contributed by atoms with van der Waals surface area (Å²) in [4.78, 5) is 0. The number of fused-ring (bicyclic) bond motifs is 8. The molecule has 0 bridgehead atoms. The van der Waals surface area contributed by atoms with Gasteiger partial charge in [-0.3, -0.25) is 0 Å². The summed E-state index contributed by atoms with van der Waals surface area (Å²) >= 11 is 0. The summed E-state index contributed by atoms with van der Waals surface area (Å²) in [6, 6.07) is 52.2. The van der Waals surface area contributed by atoms with Gasteiger partial charge in [0, 0.05) is 33.5 Å². The van der Waals surface area contributed by atoms with Gasteiger partial charge in [0.2, 0.25) is 0 Å². The molecule has 0 spiro atoms. The highest BCUT2D eigenvalue weighted by Gasteiger charge is 2.20. The zero-order valence-electron chi connectivity index (χ0n) is 26.2. The van der Waals surface area contributed by atoms with Crippen LogP contribution in [-0.2, 0) is 6.42 Å². The van der Waals surface area contributed by atoms with E-state index in [-0.39, 0.29) is 0 Å². The highest BCUT2D eigenvalue weighted by Crippen LogP contribution is 2.43. The molecule has 0 radical (unpaired) electrons. The van der Waals surface area contributed by atoms with Crippen LogP contribution in [0.15, 0.2) is 161 Å². The minimum atomic E-state index is 0.890. The summed E-state index contributed by atoms with van der Waals surface area (Å²) in [6.45, 7) is 0. The Morgan fingerprint density at radius 2 is 1.15 bits per heavy atom. The number of aryl methyl sites for hydroxylation is 1. The van der Waals surface area contributed by atoms with Gasteiger partial charge in [0.05, 0.1) is 0 Å². The second-order valence-corrected chi connectivity index (χ2v) is 12.7. The van der Waals surface area contributed by atoms with Gasteiger partial charge in [0.1, 0.15) is 22.5 Å². The van der Waals surface area contributed by atoms with Gasteiger partial charge in [0.25, 0.3) is 0 Å². The maximum Gasteiger partial charge on any atom is 0.143 e. The summed E-state index contributed by atoms with van der Waals surface area (Å²) < 4.78 is 13.1. The van der Waals surface area contributed by atoms with Gasteiger partial charge in [-0.2, -0.15) is 0 Å². The first-order valence-corrected chi connectivity index (χ1v) is 16.6. The van der Waals surface area contributed by atoms with Crippen LogP contribution in [-0.4, -0.2) is 0 Å². The number of rotatable bonds is 4. The van der Waals surface area contributed by atoms with Gasteiger partial charge >= 0.3 is 0 Å². The van der Waals surface area contributed by atoms with Crippen LogP contribution in [0.4, 0.5) is 0 Å². The van der Waals surface area contributed by atoms with Crippen molar-refractivity contribution >= 4 is 49.8 Å². The highest BCUT2D eigenvalue weighted by atomic mass is 16.3. The molecule has 2 heterocycles. The molecule has 9 aromatic rings. The van der Waals surface area contributed by atoms with E-state index in [9.17, 15) is 0 Å². The summed E-state index contributed by atoms with van der Waals surface area (Å²) in [6.07, 6.45) is 6.45. The Hall–Kier alpha value is -6.12. The topological polar surface area (TPSA) is 26.3 Å². The Bertz CT molecular complexity index is 2710. The van der Waals surface area contributed by atoms with Crippen molar-refractivity contribution in [1.82, 2.24) is 0 Å². The predicted molar refractivity (Wildman–Crippen MR) is 200 cm³/mol. The largest absolute Gasteiger partial charge is 0.460 e. The normalized spacial score (nSPS) is 12.8. The molecule has 0 saturated carbocycles. The van der Waals surface area contributed by atoms with Crippen LogP contribution in [0, 0.1) is 0 Å². The lowest BCUT2D eigenvalue weighted by Gasteiger charge is -2.13. The summed E-state index contributed by atoms with van der Waals surface area (Å²) in [5, 5.41) is 5.77. The molecule has 0 saturated heterocycles. The molecular formula is C46H30O2. The molecule has 2 heteroatoms. The molecule has 7 aromatic carbocycles. The number of hydrogen-bond acceptors (Lipinski definition) is 2. The molecule has 0 aliphatic heterocycles. The second-order valence-electron chi connectivity index (χ2n) is 12.7. The smallest absolute Gasteiger partial charge is 0.143 e. The number of allylic oxidation sites excluding steroid dienone is 1. The molecule has 1 aliphatic rings. The lowest BCUT2D eigenvalue weighted by molar-refractivity contribution is 0.546. The van der Waals surface area contributed by atoms with Gasteiger partial charge in [-0.15, -0.1) is 0 Å². The number of benzene rings is 7. The molecule has 0 unspecified atom stereocenters. The predicted octanol–water partition coefficient (Wildman–Crippen LogP) is 13.1. The Balaban J connectivity index is 1.19. The van der Waals surface area contributed by atoms with Crippen molar-refractivity contribution in [3.63, 3.8) is 0 Å². The van der Waals surface area contributed by atoms with Crippen molar-refractivity contribution in [2.75, 3.05) is 0 Å². The molecule has 2 nitrogen and oxygen atoms in total. The van der Waals surface area contributed by atoms with Crippen molar-refractivity contribution in [1.29, 1.82) is 0 Å². The van der Waals surface area contributed by atoms with Crippen LogP contribution >= 0.6 is 0 Å². The molecule has 0 amide bonds. The van der Waals surface area contributed by atoms with E-state index in [2.05, 4.69) is 158 Å². The first-order chi connectivity index (χ1) is 23.8. The van der Waals surface area contributed by atoms with Crippen LogP contribution in [0.3, 0.4) is 0 Å². The molecule has 0 fully saturated rings. The molecule has 48 heavy (non-hydrogen) atoms. The number of furan rings is 2. The fraction of sp³-hybridized carbons (Fsp3) is 0.0435. The van der Waals surface area contributed by atoms with Crippen molar-refractivity contribution < 1.29 is 8.83 Å². The van der Waals surface area contributed by atoms with E-state index in [0.29, 0.717) is 0 Å². The minimum absolute atomic E-state index is 0.890. The highest BCUT2D eigenvalue weighted by molar-refractivity contribution is 6.19. The lowest BCUT2D eigenvalue weighted by atomic mass is 9.90. The molecule has 0 N–H and O–H groups in total. The van der Waals surface area contributed by atoms with Crippen LogP contribution in [0.2, 0.25) is 0 Å².